The van der Waals surface area contributed by atoms with Gasteiger partial charge < -0.3 is 18.9 Å². The predicted molar refractivity (Wildman–Crippen MR) is 90.7 cm³/mol. The van der Waals surface area contributed by atoms with Gasteiger partial charge >= 0.3 is 5.97 Å². The van der Waals surface area contributed by atoms with Crippen molar-refractivity contribution in [3.05, 3.63) is 30.5 Å². The molecule has 0 aliphatic carbocycles. The summed E-state index contributed by atoms with van der Waals surface area (Å²) in [7, 11) is 1.61. The van der Waals surface area contributed by atoms with Gasteiger partial charge in [0.2, 0.25) is 0 Å². The van der Waals surface area contributed by atoms with Gasteiger partial charge in [-0.15, -0.1) is 0 Å². The Kier molecular flexibility index (Phi) is 5.55. The highest BCUT2D eigenvalue weighted by Crippen LogP contribution is 2.34. The van der Waals surface area contributed by atoms with Crippen LogP contribution >= 0.6 is 0 Å². The lowest BCUT2D eigenvalue weighted by molar-refractivity contribution is -0.144. The minimum Gasteiger partial charge on any atom is -0.493 e. The van der Waals surface area contributed by atoms with Gasteiger partial charge in [-0.25, -0.2) is 0 Å². The standard InChI is InChI=1S/C18H22N2O5/c1-3-24-18(21)11-20-15(6-8-19-20)13-4-5-16(22-2)17(10-13)25-14-7-9-23-12-14/h4-6,8,10,14H,3,7,9,11-12H2,1-2H3. The number of carbonyl (C=O) groups excluding carboxylic acids is 1. The first-order valence-electron chi connectivity index (χ1n) is 8.31. The molecular weight excluding hydrogens is 324 g/mol. The molecular formula is C18H22N2O5. The van der Waals surface area contributed by atoms with Gasteiger partial charge in [0.1, 0.15) is 12.6 Å². The van der Waals surface area contributed by atoms with Crippen molar-refractivity contribution in [2.24, 2.45) is 0 Å². The van der Waals surface area contributed by atoms with E-state index in [-0.39, 0.29) is 18.6 Å². The van der Waals surface area contributed by atoms with E-state index < -0.39 is 0 Å². The molecule has 0 radical (unpaired) electrons. The summed E-state index contributed by atoms with van der Waals surface area (Å²) in [5, 5.41) is 4.21. The number of hydrogen-bond acceptors (Lipinski definition) is 6. The Labute approximate surface area is 146 Å². The summed E-state index contributed by atoms with van der Waals surface area (Å²) in [6.07, 6.45) is 2.53. The van der Waals surface area contributed by atoms with E-state index in [2.05, 4.69) is 5.10 Å². The normalized spacial score (nSPS) is 16.6. The average molecular weight is 346 g/mol. The Morgan fingerprint density at radius 1 is 1.36 bits per heavy atom. The van der Waals surface area contributed by atoms with E-state index in [1.807, 2.05) is 24.3 Å². The molecule has 1 fully saturated rings. The van der Waals surface area contributed by atoms with E-state index >= 15 is 0 Å². The van der Waals surface area contributed by atoms with E-state index in [1.54, 1.807) is 24.9 Å². The smallest absolute Gasteiger partial charge is 0.327 e. The monoisotopic (exact) mass is 346 g/mol. The number of methoxy groups -OCH3 is 1. The van der Waals surface area contributed by atoms with Crippen LogP contribution in [0.25, 0.3) is 11.3 Å². The topological polar surface area (TPSA) is 71.8 Å². The summed E-state index contributed by atoms with van der Waals surface area (Å²) in [6.45, 7) is 3.48. The number of benzene rings is 1. The van der Waals surface area contributed by atoms with E-state index in [0.717, 1.165) is 17.7 Å². The highest BCUT2D eigenvalue weighted by atomic mass is 16.6. The van der Waals surface area contributed by atoms with Crippen molar-refractivity contribution in [3.63, 3.8) is 0 Å². The number of rotatable bonds is 7. The molecule has 7 heteroatoms. The van der Waals surface area contributed by atoms with Crippen molar-refractivity contribution >= 4 is 5.97 Å². The van der Waals surface area contributed by atoms with Crippen LogP contribution in [0, 0.1) is 0 Å². The van der Waals surface area contributed by atoms with Crippen molar-refractivity contribution in [2.75, 3.05) is 26.9 Å². The molecule has 1 unspecified atom stereocenters. The fourth-order valence-corrected chi connectivity index (χ4v) is 2.75. The largest absolute Gasteiger partial charge is 0.493 e. The maximum atomic E-state index is 11.7. The molecule has 1 aromatic carbocycles. The molecule has 134 valence electrons. The van der Waals surface area contributed by atoms with E-state index in [0.29, 0.717) is 31.3 Å². The molecule has 0 bridgehead atoms. The lowest BCUT2D eigenvalue weighted by Crippen LogP contribution is -2.16. The number of ether oxygens (including phenoxy) is 4. The van der Waals surface area contributed by atoms with Gasteiger partial charge in [-0.1, -0.05) is 0 Å². The molecule has 3 rings (SSSR count). The fraction of sp³-hybridized carbons (Fsp3) is 0.444. The zero-order valence-corrected chi connectivity index (χ0v) is 14.4. The maximum Gasteiger partial charge on any atom is 0.327 e. The summed E-state index contributed by atoms with van der Waals surface area (Å²) in [6, 6.07) is 7.51. The number of carbonyl (C=O) groups is 1. The molecule has 1 saturated heterocycles. The molecule has 25 heavy (non-hydrogen) atoms. The lowest BCUT2D eigenvalue weighted by Gasteiger charge is -2.16. The highest BCUT2D eigenvalue weighted by molar-refractivity contribution is 5.71. The summed E-state index contributed by atoms with van der Waals surface area (Å²) in [5.41, 5.74) is 1.69. The Morgan fingerprint density at radius 2 is 2.24 bits per heavy atom. The first kappa shape index (κ1) is 17.3. The second-order valence-corrected chi connectivity index (χ2v) is 5.65. The van der Waals surface area contributed by atoms with Crippen LogP contribution in [-0.2, 0) is 20.8 Å². The van der Waals surface area contributed by atoms with Crippen molar-refractivity contribution < 1.29 is 23.7 Å². The third-order valence-electron chi connectivity index (χ3n) is 3.94. The first-order valence-corrected chi connectivity index (χ1v) is 8.31. The third-order valence-corrected chi connectivity index (χ3v) is 3.94. The van der Waals surface area contributed by atoms with Crippen molar-refractivity contribution in [2.45, 2.75) is 26.0 Å². The predicted octanol–water partition coefficient (Wildman–Crippen LogP) is 2.29. The SMILES string of the molecule is CCOC(=O)Cn1nccc1-c1ccc(OC)c(OC2CCOC2)c1. The molecule has 2 aromatic rings. The fourth-order valence-electron chi connectivity index (χ4n) is 2.75. The average Bonchev–Trinajstić information content (AvgIpc) is 3.27. The summed E-state index contributed by atoms with van der Waals surface area (Å²) < 4.78 is 23.4. The van der Waals surface area contributed by atoms with E-state index in [4.69, 9.17) is 18.9 Å². The van der Waals surface area contributed by atoms with Crippen LogP contribution in [0.1, 0.15) is 13.3 Å². The summed E-state index contributed by atoms with van der Waals surface area (Å²) in [5.74, 6) is 0.993. The van der Waals surface area contributed by atoms with Gasteiger partial charge in [0.15, 0.2) is 11.5 Å². The molecule has 0 N–H and O–H groups in total. The molecule has 1 aliphatic rings. The van der Waals surface area contributed by atoms with Gasteiger partial charge in [-0.3, -0.25) is 9.48 Å². The van der Waals surface area contributed by atoms with Crippen molar-refractivity contribution in [1.82, 2.24) is 9.78 Å². The summed E-state index contributed by atoms with van der Waals surface area (Å²) in [4.78, 5) is 11.7. The quantitative estimate of drug-likeness (QED) is 0.716. The van der Waals surface area contributed by atoms with Crippen LogP contribution in [-0.4, -0.2) is 48.8 Å². The number of esters is 1. The first-order chi connectivity index (χ1) is 12.2. The highest BCUT2D eigenvalue weighted by Gasteiger charge is 2.20. The Morgan fingerprint density at radius 3 is 2.96 bits per heavy atom. The molecule has 7 nitrogen and oxygen atoms in total. The van der Waals surface area contributed by atoms with Crippen LogP contribution in [0.15, 0.2) is 30.5 Å². The minimum atomic E-state index is -0.319. The van der Waals surface area contributed by atoms with Gasteiger partial charge in [0.05, 0.1) is 32.6 Å². The van der Waals surface area contributed by atoms with Gasteiger partial charge in [-0.2, -0.15) is 5.10 Å². The third kappa shape index (κ3) is 4.11. The van der Waals surface area contributed by atoms with Crippen molar-refractivity contribution in [3.8, 4) is 22.8 Å². The van der Waals surface area contributed by atoms with Gasteiger partial charge in [0.25, 0.3) is 0 Å². The number of nitrogens with zero attached hydrogens (tertiary/aromatic N) is 2. The Bertz CT molecular complexity index is 722. The summed E-state index contributed by atoms with van der Waals surface area (Å²) >= 11 is 0. The zero-order valence-electron chi connectivity index (χ0n) is 14.4. The van der Waals surface area contributed by atoms with Gasteiger partial charge in [0, 0.05) is 18.2 Å². The van der Waals surface area contributed by atoms with Gasteiger partial charge in [-0.05, 0) is 31.2 Å². The Balaban J connectivity index is 1.85. The maximum absolute atomic E-state index is 11.7. The van der Waals surface area contributed by atoms with E-state index in [9.17, 15) is 4.79 Å². The Hall–Kier alpha value is -2.54. The van der Waals surface area contributed by atoms with E-state index in [1.165, 1.54) is 0 Å². The zero-order chi connectivity index (χ0) is 17.6. The number of aromatic nitrogens is 2. The number of hydrogen-bond donors (Lipinski definition) is 0. The second-order valence-electron chi connectivity index (χ2n) is 5.65. The van der Waals surface area contributed by atoms with Crippen LogP contribution in [0.2, 0.25) is 0 Å². The van der Waals surface area contributed by atoms with Crippen LogP contribution in [0.5, 0.6) is 11.5 Å². The molecule has 1 aliphatic heterocycles. The second kappa shape index (κ2) is 8.02. The van der Waals surface area contributed by atoms with Crippen LogP contribution < -0.4 is 9.47 Å². The van der Waals surface area contributed by atoms with Crippen molar-refractivity contribution in [1.29, 1.82) is 0 Å². The molecule has 0 saturated carbocycles. The minimum absolute atomic E-state index is 0.0218. The molecule has 2 heterocycles. The lowest BCUT2D eigenvalue weighted by atomic mass is 10.1. The molecule has 0 spiro atoms. The molecule has 1 atom stereocenters. The van der Waals surface area contributed by atoms with Crippen LogP contribution in [0.3, 0.4) is 0 Å². The molecule has 1 aromatic heterocycles. The van der Waals surface area contributed by atoms with Crippen LogP contribution in [0.4, 0.5) is 0 Å². The molecule has 0 amide bonds.